The summed E-state index contributed by atoms with van der Waals surface area (Å²) >= 11 is 0. The van der Waals surface area contributed by atoms with Crippen molar-refractivity contribution in [1.82, 2.24) is 4.90 Å². The summed E-state index contributed by atoms with van der Waals surface area (Å²) in [5.74, 6) is 0. The molecule has 4 nitrogen and oxygen atoms in total. The van der Waals surface area contributed by atoms with Crippen molar-refractivity contribution in [3.05, 3.63) is 0 Å². The van der Waals surface area contributed by atoms with Crippen molar-refractivity contribution in [1.29, 1.82) is 0 Å². The molecule has 0 unspecified atom stereocenters. The van der Waals surface area contributed by atoms with Gasteiger partial charge in [-0.2, -0.15) is 0 Å². The normalized spacial score (nSPS) is 16.1. The van der Waals surface area contributed by atoms with E-state index in [0.29, 0.717) is 25.6 Å². The smallest absolute Gasteiger partial charge is 0.409 e. The predicted molar refractivity (Wildman–Crippen MR) is 53.1 cm³/mol. The van der Waals surface area contributed by atoms with Gasteiger partial charge < -0.3 is 14.7 Å². The molecular weight excluding hydrogens is 182 g/mol. The average molecular weight is 201 g/mol. The summed E-state index contributed by atoms with van der Waals surface area (Å²) < 4.78 is 4.96. The van der Waals surface area contributed by atoms with E-state index >= 15 is 0 Å². The molecule has 0 aromatic heterocycles. The van der Waals surface area contributed by atoms with Crippen LogP contribution >= 0.6 is 0 Å². The van der Waals surface area contributed by atoms with Crippen molar-refractivity contribution >= 4 is 6.09 Å². The zero-order chi connectivity index (χ0) is 10.4. The van der Waals surface area contributed by atoms with Gasteiger partial charge in [0.1, 0.15) is 0 Å². The second kappa shape index (κ2) is 5.86. The number of nitrogens with zero attached hydrogens (tertiary/aromatic N) is 1. The second-order valence-corrected chi connectivity index (χ2v) is 3.55. The first kappa shape index (κ1) is 11.3. The number of aliphatic hydroxyl groups excluding tert-OH is 1. The van der Waals surface area contributed by atoms with Crippen LogP contribution in [0.2, 0.25) is 0 Å². The maximum Gasteiger partial charge on any atom is 0.409 e. The van der Waals surface area contributed by atoms with E-state index in [2.05, 4.69) is 0 Å². The summed E-state index contributed by atoms with van der Waals surface area (Å²) in [5.41, 5.74) is 0. The topological polar surface area (TPSA) is 49.8 Å². The largest absolute Gasteiger partial charge is 0.450 e. The van der Waals surface area contributed by atoms with Crippen LogP contribution in [-0.4, -0.2) is 41.9 Å². The summed E-state index contributed by atoms with van der Waals surface area (Å²) in [5, 5.41) is 8.72. The van der Waals surface area contributed by atoms with Crippen molar-refractivity contribution in [2.24, 2.45) is 0 Å². The van der Waals surface area contributed by atoms with Crippen LogP contribution in [0, 0.1) is 0 Å². The van der Waals surface area contributed by atoms with Crippen molar-refractivity contribution in [2.45, 2.75) is 38.6 Å². The Morgan fingerprint density at radius 3 is 2.71 bits per heavy atom. The molecule has 0 aliphatic heterocycles. The molecule has 1 fully saturated rings. The van der Waals surface area contributed by atoms with Gasteiger partial charge in [-0.3, -0.25) is 0 Å². The summed E-state index contributed by atoms with van der Waals surface area (Å²) in [6.45, 7) is 2.96. The third kappa shape index (κ3) is 2.87. The SMILES string of the molecule is CCOC(=O)N(CCCO)C1CCC1. The zero-order valence-electron chi connectivity index (χ0n) is 8.74. The maximum atomic E-state index is 11.5. The molecule has 1 amide bonds. The highest BCUT2D eigenvalue weighted by Crippen LogP contribution is 2.25. The highest BCUT2D eigenvalue weighted by Gasteiger charge is 2.28. The van der Waals surface area contributed by atoms with Crippen LogP contribution in [0.1, 0.15) is 32.6 Å². The lowest BCUT2D eigenvalue weighted by molar-refractivity contribution is 0.0670. The monoisotopic (exact) mass is 201 g/mol. The third-order valence-corrected chi connectivity index (χ3v) is 2.57. The Hall–Kier alpha value is -0.770. The van der Waals surface area contributed by atoms with Gasteiger partial charge in [0.2, 0.25) is 0 Å². The van der Waals surface area contributed by atoms with Crippen molar-refractivity contribution < 1.29 is 14.6 Å². The lowest BCUT2D eigenvalue weighted by Crippen LogP contribution is -2.45. The van der Waals surface area contributed by atoms with Crippen LogP contribution in [0.5, 0.6) is 0 Å². The number of hydrogen-bond donors (Lipinski definition) is 1. The minimum atomic E-state index is -0.231. The number of carbonyl (C=O) groups is 1. The fraction of sp³-hybridized carbons (Fsp3) is 0.900. The molecular formula is C10H19NO3. The third-order valence-electron chi connectivity index (χ3n) is 2.57. The molecule has 0 aromatic rings. The Balaban J connectivity index is 2.38. The highest BCUT2D eigenvalue weighted by molar-refractivity contribution is 5.68. The molecule has 0 radical (unpaired) electrons. The molecule has 1 aliphatic rings. The molecule has 0 saturated heterocycles. The molecule has 82 valence electrons. The number of amides is 1. The Labute approximate surface area is 84.8 Å². The predicted octanol–water partition coefficient (Wildman–Crippen LogP) is 1.38. The lowest BCUT2D eigenvalue weighted by Gasteiger charge is -2.36. The van der Waals surface area contributed by atoms with E-state index in [4.69, 9.17) is 9.84 Å². The standard InChI is InChI=1S/C10H19NO3/c1-2-14-10(13)11(7-4-8-12)9-5-3-6-9/h9,12H,2-8H2,1H3. The van der Waals surface area contributed by atoms with E-state index in [1.807, 2.05) is 6.92 Å². The molecule has 1 rings (SSSR count). The fourth-order valence-electron chi connectivity index (χ4n) is 1.57. The Kier molecular flexibility index (Phi) is 4.73. The molecule has 14 heavy (non-hydrogen) atoms. The van der Waals surface area contributed by atoms with Gasteiger partial charge in [-0.25, -0.2) is 4.79 Å². The summed E-state index contributed by atoms with van der Waals surface area (Å²) in [7, 11) is 0. The molecule has 0 atom stereocenters. The van der Waals surface area contributed by atoms with Crippen molar-refractivity contribution in [2.75, 3.05) is 19.8 Å². The van der Waals surface area contributed by atoms with Gasteiger partial charge in [0, 0.05) is 19.2 Å². The number of rotatable bonds is 5. The lowest BCUT2D eigenvalue weighted by atomic mass is 9.91. The van der Waals surface area contributed by atoms with Gasteiger partial charge in [-0.05, 0) is 32.6 Å². The van der Waals surface area contributed by atoms with Gasteiger partial charge in [-0.1, -0.05) is 0 Å². The zero-order valence-corrected chi connectivity index (χ0v) is 8.74. The molecule has 1 aliphatic carbocycles. The van der Waals surface area contributed by atoms with E-state index in [1.54, 1.807) is 4.90 Å². The summed E-state index contributed by atoms with van der Waals surface area (Å²) in [6.07, 6.45) is 3.74. The molecule has 1 N–H and O–H groups in total. The van der Waals surface area contributed by atoms with E-state index < -0.39 is 0 Å². The number of aliphatic hydroxyl groups is 1. The Morgan fingerprint density at radius 1 is 1.57 bits per heavy atom. The second-order valence-electron chi connectivity index (χ2n) is 3.55. The first-order valence-electron chi connectivity index (χ1n) is 5.33. The molecule has 0 heterocycles. The van der Waals surface area contributed by atoms with Crippen LogP contribution < -0.4 is 0 Å². The van der Waals surface area contributed by atoms with E-state index in [-0.39, 0.29) is 12.7 Å². The van der Waals surface area contributed by atoms with E-state index in [1.165, 1.54) is 6.42 Å². The summed E-state index contributed by atoms with van der Waals surface area (Å²) in [4.78, 5) is 13.3. The Bertz CT molecular complexity index is 180. The quantitative estimate of drug-likeness (QED) is 0.731. The minimum absolute atomic E-state index is 0.128. The number of carbonyl (C=O) groups excluding carboxylic acids is 1. The van der Waals surface area contributed by atoms with Gasteiger partial charge in [-0.15, -0.1) is 0 Å². The van der Waals surface area contributed by atoms with Crippen LogP contribution in [0.3, 0.4) is 0 Å². The molecule has 1 saturated carbocycles. The molecule has 0 aromatic carbocycles. The van der Waals surface area contributed by atoms with E-state index in [9.17, 15) is 4.79 Å². The van der Waals surface area contributed by atoms with Gasteiger partial charge in [0.15, 0.2) is 0 Å². The van der Waals surface area contributed by atoms with Crippen LogP contribution in [0.4, 0.5) is 4.79 Å². The molecule has 4 heteroatoms. The van der Waals surface area contributed by atoms with Crippen molar-refractivity contribution in [3.63, 3.8) is 0 Å². The number of ether oxygens (including phenoxy) is 1. The van der Waals surface area contributed by atoms with Gasteiger partial charge in [0.25, 0.3) is 0 Å². The van der Waals surface area contributed by atoms with Crippen LogP contribution in [-0.2, 0) is 4.74 Å². The fourth-order valence-corrected chi connectivity index (χ4v) is 1.57. The minimum Gasteiger partial charge on any atom is -0.450 e. The molecule has 0 spiro atoms. The first-order chi connectivity index (χ1) is 6.79. The first-order valence-corrected chi connectivity index (χ1v) is 5.33. The van der Waals surface area contributed by atoms with Gasteiger partial charge in [0.05, 0.1) is 6.61 Å². The van der Waals surface area contributed by atoms with Crippen LogP contribution in [0.15, 0.2) is 0 Å². The maximum absolute atomic E-state index is 11.5. The molecule has 0 bridgehead atoms. The summed E-state index contributed by atoms with van der Waals surface area (Å²) in [6, 6.07) is 0.348. The van der Waals surface area contributed by atoms with Crippen LogP contribution in [0.25, 0.3) is 0 Å². The van der Waals surface area contributed by atoms with Gasteiger partial charge >= 0.3 is 6.09 Å². The van der Waals surface area contributed by atoms with E-state index in [0.717, 1.165) is 12.8 Å². The van der Waals surface area contributed by atoms with Crippen molar-refractivity contribution in [3.8, 4) is 0 Å². The Morgan fingerprint density at radius 2 is 2.29 bits per heavy atom. The average Bonchev–Trinajstić information content (AvgIpc) is 2.09. The number of hydrogen-bond acceptors (Lipinski definition) is 3. The highest BCUT2D eigenvalue weighted by atomic mass is 16.6.